The Morgan fingerprint density at radius 3 is 2.59 bits per heavy atom. The Kier molecular flexibility index (Phi) is 3.77. The second kappa shape index (κ2) is 5.50. The summed E-state index contributed by atoms with van der Waals surface area (Å²) in [5.74, 6) is 0.245. The fourth-order valence-electron chi connectivity index (χ4n) is 1.46. The Labute approximate surface area is 104 Å². The fourth-order valence-corrected chi connectivity index (χ4v) is 2.12. The van der Waals surface area contributed by atoms with Crippen molar-refractivity contribution >= 4 is 17.2 Å². The Bertz CT molecular complexity index is 477. The number of amides is 1. The topological polar surface area (TPSA) is 49.3 Å². The molecule has 1 aromatic carbocycles. The minimum absolute atomic E-state index is 0.0106. The van der Waals surface area contributed by atoms with Gasteiger partial charge in [0.1, 0.15) is 5.75 Å². The quantitative estimate of drug-likeness (QED) is 0.871. The van der Waals surface area contributed by atoms with Crippen LogP contribution in [0.4, 0.5) is 0 Å². The van der Waals surface area contributed by atoms with Crippen LogP contribution in [-0.2, 0) is 17.8 Å². The van der Waals surface area contributed by atoms with E-state index in [0.29, 0.717) is 13.0 Å². The summed E-state index contributed by atoms with van der Waals surface area (Å²) in [5, 5.41) is 15.9. The summed E-state index contributed by atoms with van der Waals surface area (Å²) in [6.07, 6.45) is 0.418. The minimum atomic E-state index is 0.0106. The van der Waals surface area contributed by atoms with Gasteiger partial charge >= 0.3 is 0 Å². The summed E-state index contributed by atoms with van der Waals surface area (Å²) in [5.41, 5.74) is 2.01. The third-order valence-corrected chi connectivity index (χ3v) is 3.10. The number of phenols is 1. The predicted molar refractivity (Wildman–Crippen MR) is 68.0 cm³/mol. The maximum Gasteiger partial charge on any atom is 0.224 e. The highest BCUT2D eigenvalue weighted by Crippen LogP contribution is 2.09. The fraction of sp³-hybridized carbons (Fsp3) is 0.154. The van der Waals surface area contributed by atoms with Crippen molar-refractivity contribution in [3.63, 3.8) is 0 Å². The van der Waals surface area contributed by atoms with Crippen LogP contribution in [0.2, 0.25) is 0 Å². The van der Waals surface area contributed by atoms with E-state index in [9.17, 15) is 4.79 Å². The molecule has 0 aliphatic rings. The second-order valence-corrected chi connectivity index (χ2v) is 4.53. The summed E-state index contributed by atoms with van der Waals surface area (Å²) >= 11 is 1.59. The highest BCUT2D eigenvalue weighted by Gasteiger charge is 2.03. The molecule has 17 heavy (non-hydrogen) atoms. The van der Waals surface area contributed by atoms with E-state index in [1.54, 1.807) is 35.6 Å². The van der Waals surface area contributed by atoms with Gasteiger partial charge in [-0.15, -0.1) is 0 Å². The molecule has 0 unspecified atom stereocenters. The smallest absolute Gasteiger partial charge is 0.224 e. The Hall–Kier alpha value is -1.81. The molecule has 0 atom stereocenters. The van der Waals surface area contributed by atoms with Gasteiger partial charge in [-0.2, -0.15) is 11.3 Å². The van der Waals surface area contributed by atoms with Gasteiger partial charge < -0.3 is 10.4 Å². The van der Waals surface area contributed by atoms with Gasteiger partial charge in [0.05, 0.1) is 6.42 Å². The van der Waals surface area contributed by atoms with Gasteiger partial charge in [0.25, 0.3) is 0 Å². The molecule has 0 bridgehead atoms. The average molecular weight is 247 g/mol. The molecule has 0 radical (unpaired) electrons. The van der Waals surface area contributed by atoms with Crippen molar-refractivity contribution in [1.82, 2.24) is 5.32 Å². The first kappa shape index (κ1) is 11.7. The molecule has 88 valence electrons. The molecule has 2 aromatic rings. The molecule has 4 heteroatoms. The summed E-state index contributed by atoms with van der Waals surface area (Å²) < 4.78 is 0. The first-order chi connectivity index (χ1) is 8.24. The molecule has 2 N–H and O–H groups in total. The monoisotopic (exact) mass is 247 g/mol. The number of carbonyl (C=O) groups is 1. The number of thiophene rings is 1. The maximum atomic E-state index is 11.6. The van der Waals surface area contributed by atoms with E-state index < -0.39 is 0 Å². The number of hydrogen-bond acceptors (Lipinski definition) is 3. The Morgan fingerprint density at radius 2 is 1.94 bits per heavy atom. The van der Waals surface area contributed by atoms with Crippen molar-refractivity contribution in [3.05, 3.63) is 52.2 Å². The molecule has 0 spiro atoms. The normalized spacial score (nSPS) is 10.1. The zero-order chi connectivity index (χ0) is 12.1. The minimum Gasteiger partial charge on any atom is -0.508 e. The summed E-state index contributed by atoms with van der Waals surface area (Å²) in [6.45, 7) is 0.489. The van der Waals surface area contributed by atoms with Crippen LogP contribution < -0.4 is 5.32 Å². The van der Waals surface area contributed by atoms with Gasteiger partial charge in [-0.25, -0.2) is 0 Å². The van der Waals surface area contributed by atoms with E-state index in [2.05, 4.69) is 5.32 Å². The van der Waals surface area contributed by atoms with Gasteiger partial charge in [-0.1, -0.05) is 12.1 Å². The summed E-state index contributed by atoms with van der Waals surface area (Å²) in [4.78, 5) is 11.6. The third kappa shape index (κ3) is 3.60. The highest BCUT2D eigenvalue weighted by atomic mass is 32.1. The number of carbonyl (C=O) groups excluding carboxylic acids is 1. The zero-order valence-electron chi connectivity index (χ0n) is 9.22. The highest BCUT2D eigenvalue weighted by molar-refractivity contribution is 7.07. The lowest BCUT2D eigenvalue weighted by molar-refractivity contribution is -0.120. The van der Waals surface area contributed by atoms with E-state index >= 15 is 0 Å². The zero-order valence-corrected chi connectivity index (χ0v) is 10.0. The Balaban J connectivity index is 1.82. The number of nitrogens with one attached hydrogen (secondary N) is 1. The van der Waals surface area contributed by atoms with Crippen LogP contribution in [0, 0.1) is 0 Å². The number of hydrogen-bond donors (Lipinski definition) is 2. The maximum absolute atomic E-state index is 11.6. The molecular formula is C13H13NO2S. The van der Waals surface area contributed by atoms with E-state index in [4.69, 9.17) is 5.11 Å². The number of phenolic OH excluding ortho intramolecular Hbond substituents is 1. The molecule has 0 aliphatic carbocycles. The molecule has 1 heterocycles. The van der Waals surface area contributed by atoms with Crippen molar-refractivity contribution in [2.75, 3.05) is 0 Å². The number of aromatic hydroxyl groups is 1. The SMILES string of the molecule is O=C(Cc1ccsc1)NCc1ccc(O)cc1. The van der Waals surface area contributed by atoms with Gasteiger partial charge in [-0.3, -0.25) is 4.79 Å². The molecule has 2 rings (SSSR count). The van der Waals surface area contributed by atoms with E-state index in [0.717, 1.165) is 11.1 Å². The molecule has 1 aromatic heterocycles. The number of benzene rings is 1. The lowest BCUT2D eigenvalue weighted by atomic mass is 10.2. The first-order valence-electron chi connectivity index (χ1n) is 5.30. The van der Waals surface area contributed by atoms with Crippen molar-refractivity contribution in [3.8, 4) is 5.75 Å². The van der Waals surface area contributed by atoms with Crippen molar-refractivity contribution in [2.45, 2.75) is 13.0 Å². The van der Waals surface area contributed by atoms with Crippen molar-refractivity contribution in [1.29, 1.82) is 0 Å². The molecule has 0 fully saturated rings. The lowest BCUT2D eigenvalue weighted by Crippen LogP contribution is -2.24. The van der Waals surface area contributed by atoms with Crippen LogP contribution in [0.3, 0.4) is 0 Å². The van der Waals surface area contributed by atoms with Crippen LogP contribution in [0.5, 0.6) is 5.75 Å². The first-order valence-corrected chi connectivity index (χ1v) is 6.24. The molecule has 0 saturated carbocycles. The molecule has 0 saturated heterocycles. The van der Waals surface area contributed by atoms with Crippen LogP contribution >= 0.6 is 11.3 Å². The second-order valence-electron chi connectivity index (χ2n) is 3.75. The Morgan fingerprint density at radius 1 is 1.18 bits per heavy atom. The predicted octanol–water partition coefficient (Wildman–Crippen LogP) is 2.31. The van der Waals surface area contributed by atoms with Gasteiger partial charge in [-0.05, 0) is 40.1 Å². The van der Waals surface area contributed by atoms with E-state index in [1.807, 2.05) is 16.8 Å². The van der Waals surface area contributed by atoms with Crippen LogP contribution in [0.25, 0.3) is 0 Å². The van der Waals surface area contributed by atoms with Gasteiger partial charge in [0, 0.05) is 6.54 Å². The van der Waals surface area contributed by atoms with Crippen molar-refractivity contribution < 1.29 is 9.90 Å². The third-order valence-electron chi connectivity index (χ3n) is 2.37. The van der Waals surface area contributed by atoms with E-state index in [1.165, 1.54) is 0 Å². The lowest BCUT2D eigenvalue weighted by Gasteiger charge is -2.04. The molecule has 0 aliphatic heterocycles. The van der Waals surface area contributed by atoms with Crippen LogP contribution in [-0.4, -0.2) is 11.0 Å². The summed E-state index contributed by atoms with van der Waals surface area (Å²) in [7, 11) is 0. The molecule has 3 nitrogen and oxygen atoms in total. The summed E-state index contributed by atoms with van der Waals surface area (Å²) in [6, 6.07) is 8.76. The van der Waals surface area contributed by atoms with Crippen LogP contribution in [0.15, 0.2) is 41.1 Å². The molecular weight excluding hydrogens is 234 g/mol. The average Bonchev–Trinajstić information content (AvgIpc) is 2.81. The molecule has 1 amide bonds. The number of rotatable bonds is 4. The largest absolute Gasteiger partial charge is 0.508 e. The van der Waals surface area contributed by atoms with E-state index in [-0.39, 0.29) is 11.7 Å². The van der Waals surface area contributed by atoms with Crippen LogP contribution in [0.1, 0.15) is 11.1 Å². The van der Waals surface area contributed by atoms with Gasteiger partial charge in [0.2, 0.25) is 5.91 Å². The van der Waals surface area contributed by atoms with Gasteiger partial charge in [0.15, 0.2) is 0 Å². The van der Waals surface area contributed by atoms with Crippen molar-refractivity contribution in [2.24, 2.45) is 0 Å². The standard InChI is InChI=1S/C13H13NO2S/c15-12-3-1-10(2-4-12)8-14-13(16)7-11-5-6-17-9-11/h1-6,9,15H,7-8H2,(H,14,16).